The standard InChI is InChI=1S/C26H42N8O7S/c1-25(2,3)40-24(37)32-13-9-19(10-14-32)34-16-21(28-30-34)22(41-42(6,38)39)20-15-33(29-27-20)17-26(4,5)18-7-11-31(12-8-18)23(35)36/h15-16,18-19,22H,7-14,17H2,1-6H3,(H,35,36). The number of rotatable bonds is 8. The van der Waals surface area contributed by atoms with Gasteiger partial charge in [-0.3, -0.25) is 8.86 Å². The fourth-order valence-corrected chi connectivity index (χ4v) is 6.11. The molecule has 2 aliphatic rings. The van der Waals surface area contributed by atoms with Gasteiger partial charge >= 0.3 is 12.2 Å². The third-order valence-corrected chi connectivity index (χ3v) is 8.37. The molecule has 0 spiro atoms. The molecule has 2 fully saturated rings. The molecule has 4 heterocycles. The normalized spacial score (nSPS) is 18.7. The van der Waals surface area contributed by atoms with Crippen LogP contribution in [0.2, 0.25) is 0 Å². The van der Waals surface area contributed by atoms with Crippen LogP contribution in [0.15, 0.2) is 12.4 Å². The zero-order valence-corrected chi connectivity index (χ0v) is 25.9. The number of carbonyl (C=O) groups is 2. The molecule has 234 valence electrons. The van der Waals surface area contributed by atoms with Crippen LogP contribution in [0.25, 0.3) is 0 Å². The highest BCUT2D eigenvalue weighted by molar-refractivity contribution is 7.86. The van der Waals surface area contributed by atoms with Crippen molar-refractivity contribution in [2.24, 2.45) is 11.3 Å². The minimum absolute atomic E-state index is 0.0344. The lowest BCUT2D eigenvalue weighted by Crippen LogP contribution is -2.42. The average Bonchev–Trinajstić information content (AvgIpc) is 3.56. The monoisotopic (exact) mass is 610 g/mol. The highest BCUT2D eigenvalue weighted by atomic mass is 32.2. The lowest BCUT2D eigenvalue weighted by Gasteiger charge is -2.39. The van der Waals surface area contributed by atoms with E-state index in [9.17, 15) is 23.1 Å². The molecule has 2 saturated heterocycles. The molecule has 0 aromatic carbocycles. The number of hydrogen-bond donors (Lipinski definition) is 1. The minimum Gasteiger partial charge on any atom is -0.465 e. The van der Waals surface area contributed by atoms with Crippen molar-refractivity contribution in [1.82, 2.24) is 39.8 Å². The Morgan fingerprint density at radius 2 is 1.52 bits per heavy atom. The summed E-state index contributed by atoms with van der Waals surface area (Å²) in [5.41, 5.74) is -0.216. The molecule has 1 atom stereocenters. The van der Waals surface area contributed by atoms with Gasteiger partial charge in [0.05, 0.1) is 24.7 Å². The number of ether oxygens (including phenoxy) is 1. The van der Waals surface area contributed by atoms with Crippen LogP contribution < -0.4 is 0 Å². The highest BCUT2D eigenvalue weighted by Gasteiger charge is 2.35. The molecule has 0 saturated carbocycles. The van der Waals surface area contributed by atoms with E-state index in [0.717, 1.165) is 19.1 Å². The van der Waals surface area contributed by atoms with Crippen LogP contribution >= 0.6 is 0 Å². The molecular formula is C26H42N8O7S. The zero-order valence-electron chi connectivity index (χ0n) is 25.1. The Labute approximate surface area is 246 Å². The number of likely N-dealkylation sites (tertiary alicyclic amines) is 2. The van der Waals surface area contributed by atoms with Crippen molar-refractivity contribution in [3.05, 3.63) is 23.8 Å². The van der Waals surface area contributed by atoms with E-state index in [4.69, 9.17) is 8.92 Å². The van der Waals surface area contributed by atoms with Gasteiger partial charge in [-0.25, -0.2) is 14.3 Å². The van der Waals surface area contributed by atoms with Gasteiger partial charge in [0.25, 0.3) is 10.1 Å². The second-order valence-electron chi connectivity index (χ2n) is 12.9. The summed E-state index contributed by atoms with van der Waals surface area (Å²) >= 11 is 0. The van der Waals surface area contributed by atoms with Gasteiger partial charge in [-0.15, -0.1) is 10.2 Å². The first-order valence-electron chi connectivity index (χ1n) is 14.2. The third-order valence-electron chi connectivity index (χ3n) is 7.82. The van der Waals surface area contributed by atoms with Crippen molar-refractivity contribution in [3.63, 3.8) is 0 Å². The third kappa shape index (κ3) is 8.18. The summed E-state index contributed by atoms with van der Waals surface area (Å²) in [4.78, 5) is 26.8. The molecule has 2 amide bonds. The van der Waals surface area contributed by atoms with Crippen LogP contribution in [0.4, 0.5) is 9.59 Å². The molecule has 2 aromatic heterocycles. The van der Waals surface area contributed by atoms with E-state index < -0.39 is 27.9 Å². The number of amides is 2. The van der Waals surface area contributed by atoms with Crippen molar-refractivity contribution >= 4 is 22.3 Å². The number of hydrogen-bond acceptors (Lipinski definition) is 10. The first-order chi connectivity index (χ1) is 19.5. The molecule has 42 heavy (non-hydrogen) atoms. The topological polar surface area (TPSA) is 175 Å². The fraction of sp³-hybridized carbons (Fsp3) is 0.769. The Hall–Kier alpha value is -3.27. The SMILES string of the molecule is CC(C)(C)OC(=O)N1CCC(n2cc(C(OS(C)(=O)=O)c3cn(CC(C)(C)C4CCN(C(=O)O)CC4)nn3)nn2)CC1. The number of carbonyl (C=O) groups excluding carboxylic acids is 1. The van der Waals surface area contributed by atoms with Crippen LogP contribution in [0, 0.1) is 11.3 Å². The maximum Gasteiger partial charge on any atom is 0.410 e. The second kappa shape index (κ2) is 12.1. The molecule has 4 rings (SSSR count). The van der Waals surface area contributed by atoms with Crippen molar-refractivity contribution in [2.75, 3.05) is 32.4 Å². The molecule has 1 unspecified atom stereocenters. The Bertz CT molecular complexity index is 1350. The summed E-state index contributed by atoms with van der Waals surface area (Å²) in [7, 11) is -3.89. The number of piperidine rings is 2. The van der Waals surface area contributed by atoms with Gasteiger partial charge in [-0.2, -0.15) is 8.42 Å². The quantitative estimate of drug-likeness (QED) is 0.435. The van der Waals surface area contributed by atoms with Crippen molar-refractivity contribution < 1.29 is 32.0 Å². The average molecular weight is 611 g/mol. The van der Waals surface area contributed by atoms with E-state index in [1.54, 1.807) is 26.7 Å². The lowest BCUT2D eigenvalue weighted by molar-refractivity contribution is 0.0184. The first kappa shape index (κ1) is 31.7. The molecule has 0 aliphatic carbocycles. The minimum atomic E-state index is -3.89. The van der Waals surface area contributed by atoms with Gasteiger partial charge in [-0.05, 0) is 57.8 Å². The predicted octanol–water partition coefficient (Wildman–Crippen LogP) is 2.92. The molecular weight excluding hydrogens is 568 g/mol. The molecule has 15 nitrogen and oxygen atoms in total. The van der Waals surface area contributed by atoms with Crippen LogP contribution in [0.1, 0.15) is 83.8 Å². The summed E-state index contributed by atoms with van der Waals surface area (Å²) in [6, 6.07) is -0.0344. The molecule has 16 heteroatoms. The van der Waals surface area contributed by atoms with E-state index >= 15 is 0 Å². The Morgan fingerprint density at radius 3 is 2.10 bits per heavy atom. The van der Waals surface area contributed by atoms with Crippen LogP contribution in [-0.2, 0) is 25.6 Å². The van der Waals surface area contributed by atoms with Crippen molar-refractivity contribution in [3.8, 4) is 0 Å². The van der Waals surface area contributed by atoms with E-state index in [0.29, 0.717) is 45.6 Å². The number of nitrogens with zero attached hydrogens (tertiary/aromatic N) is 8. The predicted molar refractivity (Wildman–Crippen MR) is 150 cm³/mol. The maximum absolute atomic E-state index is 12.4. The van der Waals surface area contributed by atoms with Gasteiger partial charge < -0.3 is 19.6 Å². The van der Waals surface area contributed by atoms with Gasteiger partial charge in [0, 0.05) is 32.7 Å². The summed E-state index contributed by atoms with van der Waals surface area (Å²) in [6.45, 7) is 12.2. The maximum atomic E-state index is 12.4. The van der Waals surface area contributed by atoms with Crippen molar-refractivity contribution in [2.45, 2.75) is 84.6 Å². The molecule has 0 radical (unpaired) electrons. The highest BCUT2D eigenvalue weighted by Crippen LogP contribution is 2.37. The zero-order chi connectivity index (χ0) is 30.9. The smallest absolute Gasteiger partial charge is 0.410 e. The Morgan fingerprint density at radius 1 is 0.952 bits per heavy atom. The molecule has 2 aliphatic heterocycles. The molecule has 2 aromatic rings. The number of aromatic nitrogens is 6. The van der Waals surface area contributed by atoms with E-state index in [1.807, 2.05) is 20.8 Å². The Kier molecular flexibility index (Phi) is 9.16. The Balaban J connectivity index is 1.44. The van der Waals surface area contributed by atoms with Gasteiger partial charge in [0.2, 0.25) is 0 Å². The van der Waals surface area contributed by atoms with Gasteiger partial charge in [0.1, 0.15) is 17.0 Å². The van der Waals surface area contributed by atoms with E-state index in [-0.39, 0.29) is 34.9 Å². The van der Waals surface area contributed by atoms with Crippen LogP contribution in [-0.4, -0.2) is 104 Å². The summed E-state index contributed by atoms with van der Waals surface area (Å²) in [5.74, 6) is 0.283. The van der Waals surface area contributed by atoms with E-state index in [2.05, 4.69) is 34.5 Å². The summed E-state index contributed by atoms with van der Waals surface area (Å²) < 4.78 is 38.6. The van der Waals surface area contributed by atoms with E-state index in [1.165, 1.54) is 4.90 Å². The van der Waals surface area contributed by atoms with Crippen LogP contribution in [0.5, 0.6) is 0 Å². The number of carboxylic acid groups (broad SMARTS) is 1. The lowest BCUT2D eigenvalue weighted by atomic mass is 9.73. The van der Waals surface area contributed by atoms with Crippen LogP contribution in [0.3, 0.4) is 0 Å². The molecule has 0 bridgehead atoms. The fourth-order valence-electron chi connectivity index (χ4n) is 5.56. The molecule has 1 N–H and O–H groups in total. The van der Waals surface area contributed by atoms with Gasteiger partial charge in [-0.1, -0.05) is 24.3 Å². The first-order valence-corrected chi connectivity index (χ1v) is 16.0. The largest absolute Gasteiger partial charge is 0.465 e. The second-order valence-corrected chi connectivity index (χ2v) is 14.5. The summed E-state index contributed by atoms with van der Waals surface area (Å²) in [5, 5.41) is 26.2. The summed E-state index contributed by atoms with van der Waals surface area (Å²) in [6.07, 6.45) is 4.67. The van der Waals surface area contributed by atoms with Crippen molar-refractivity contribution in [1.29, 1.82) is 0 Å². The van der Waals surface area contributed by atoms with Gasteiger partial charge in [0.15, 0.2) is 6.10 Å².